The molecule has 0 bridgehead atoms. The van der Waals surface area contributed by atoms with Gasteiger partial charge in [-0.2, -0.15) is 0 Å². The van der Waals surface area contributed by atoms with Crippen LogP contribution in [0.2, 0.25) is 15.1 Å². The monoisotopic (exact) mass is 359 g/mol. The van der Waals surface area contributed by atoms with E-state index in [0.29, 0.717) is 0 Å². The Bertz CT molecular complexity index is 620. The van der Waals surface area contributed by atoms with Crippen molar-refractivity contribution in [2.75, 3.05) is 0 Å². The maximum atomic E-state index is 12.3. The van der Waals surface area contributed by atoms with Gasteiger partial charge in [-0.05, 0) is 26.0 Å². The molecule has 9 heteroatoms. The summed E-state index contributed by atoms with van der Waals surface area (Å²) >= 11 is 17.4. The summed E-state index contributed by atoms with van der Waals surface area (Å²) in [4.78, 5) is 10.4. The van der Waals surface area contributed by atoms with Gasteiger partial charge in [-0.1, -0.05) is 34.8 Å². The summed E-state index contributed by atoms with van der Waals surface area (Å²) in [5, 5.41) is 8.68. The minimum atomic E-state index is -4.08. The number of rotatable bonds is 5. The van der Waals surface area contributed by atoms with Crippen molar-refractivity contribution in [2.24, 2.45) is 0 Å². The fourth-order valence-corrected chi connectivity index (χ4v) is 4.57. The Morgan fingerprint density at radius 3 is 2.10 bits per heavy atom. The minimum absolute atomic E-state index is 0.138. The van der Waals surface area contributed by atoms with Crippen molar-refractivity contribution < 1.29 is 18.3 Å². The van der Waals surface area contributed by atoms with E-state index in [4.69, 9.17) is 39.9 Å². The van der Waals surface area contributed by atoms with Gasteiger partial charge in [0.05, 0.1) is 16.5 Å². The highest BCUT2D eigenvalue weighted by Crippen LogP contribution is 2.33. The molecule has 0 saturated carbocycles. The largest absolute Gasteiger partial charge is 0.481 e. The lowest BCUT2D eigenvalue weighted by atomic mass is 10.0. The van der Waals surface area contributed by atoms with Crippen LogP contribution in [0.3, 0.4) is 0 Å². The van der Waals surface area contributed by atoms with E-state index >= 15 is 0 Å². The number of sulfonamides is 1. The van der Waals surface area contributed by atoms with E-state index in [9.17, 15) is 13.2 Å². The molecule has 1 rings (SSSR count). The quantitative estimate of drug-likeness (QED) is 0.844. The maximum absolute atomic E-state index is 12.3. The molecule has 20 heavy (non-hydrogen) atoms. The van der Waals surface area contributed by atoms with E-state index in [-0.39, 0.29) is 20.0 Å². The van der Waals surface area contributed by atoms with Crippen molar-refractivity contribution in [3.05, 3.63) is 27.2 Å². The van der Waals surface area contributed by atoms with E-state index < -0.39 is 28.0 Å². The van der Waals surface area contributed by atoms with Gasteiger partial charge in [0.2, 0.25) is 10.0 Å². The van der Waals surface area contributed by atoms with Gasteiger partial charge in [0, 0.05) is 10.6 Å². The van der Waals surface area contributed by atoms with Crippen molar-refractivity contribution in [3.8, 4) is 0 Å². The fraction of sp³-hybridized carbons (Fsp3) is 0.364. The van der Waals surface area contributed by atoms with E-state index in [2.05, 4.69) is 4.72 Å². The van der Waals surface area contributed by atoms with Gasteiger partial charge >= 0.3 is 5.97 Å². The highest BCUT2D eigenvalue weighted by atomic mass is 35.5. The first-order chi connectivity index (χ1) is 8.94. The molecule has 0 radical (unpaired) electrons. The molecule has 2 N–H and O–H groups in total. The van der Waals surface area contributed by atoms with Crippen molar-refractivity contribution in [1.29, 1.82) is 0 Å². The zero-order valence-corrected chi connectivity index (χ0v) is 13.7. The van der Waals surface area contributed by atoms with Crippen LogP contribution in [0.15, 0.2) is 17.0 Å². The van der Waals surface area contributed by atoms with E-state index in [1.165, 1.54) is 26.0 Å². The van der Waals surface area contributed by atoms with Gasteiger partial charge in [0.25, 0.3) is 0 Å². The van der Waals surface area contributed by atoms with Crippen LogP contribution in [0.1, 0.15) is 20.3 Å². The SMILES string of the molecule is CC(C)(CC(=O)O)NS(=O)(=O)c1c(Cl)cc(Cl)cc1Cl. The molecule has 0 aromatic heterocycles. The second-order valence-electron chi connectivity index (χ2n) is 4.76. The zero-order chi connectivity index (χ0) is 15.7. The predicted molar refractivity (Wildman–Crippen MR) is 78.1 cm³/mol. The molecule has 0 aliphatic carbocycles. The zero-order valence-electron chi connectivity index (χ0n) is 10.6. The molecule has 0 fully saturated rings. The lowest BCUT2D eigenvalue weighted by Crippen LogP contribution is -2.44. The Balaban J connectivity index is 3.22. The number of hydrogen-bond acceptors (Lipinski definition) is 3. The number of hydrogen-bond donors (Lipinski definition) is 2. The van der Waals surface area contributed by atoms with Gasteiger partial charge in [0.1, 0.15) is 4.90 Å². The Labute approximate surface area is 131 Å². The third-order valence-electron chi connectivity index (χ3n) is 2.24. The summed E-state index contributed by atoms with van der Waals surface area (Å²) in [5.41, 5.74) is -1.20. The molecular formula is C11H12Cl3NO4S. The number of carbonyl (C=O) groups is 1. The third-order valence-corrected chi connectivity index (χ3v) is 5.07. The standard InChI is InChI=1S/C11H12Cl3NO4S/c1-11(2,5-9(16)17)15-20(18,19)10-7(13)3-6(12)4-8(10)14/h3-4,15H,5H2,1-2H3,(H,16,17). The molecule has 0 atom stereocenters. The smallest absolute Gasteiger partial charge is 0.305 e. The highest BCUT2D eigenvalue weighted by molar-refractivity contribution is 7.89. The highest BCUT2D eigenvalue weighted by Gasteiger charge is 2.31. The molecule has 0 amide bonds. The first-order valence-electron chi connectivity index (χ1n) is 5.35. The second kappa shape index (κ2) is 6.07. The number of carboxylic acids is 1. The molecule has 5 nitrogen and oxygen atoms in total. The van der Waals surface area contributed by atoms with E-state index in [0.717, 1.165) is 0 Å². The van der Waals surface area contributed by atoms with Crippen molar-refractivity contribution in [3.63, 3.8) is 0 Å². The third kappa shape index (κ3) is 4.49. The van der Waals surface area contributed by atoms with Crippen molar-refractivity contribution in [2.45, 2.75) is 30.7 Å². The lowest BCUT2D eigenvalue weighted by molar-refractivity contribution is -0.138. The first-order valence-corrected chi connectivity index (χ1v) is 7.97. The molecular weight excluding hydrogens is 349 g/mol. The van der Waals surface area contributed by atoms with Gasteiger partial charge in [-0.3, -0.25) is 4.79 Å². The molecule has 0 unspecified atom stereocenters. The second-order valence-corrected chi connectivity index (χ2v) is 7.63. The molecule has 1 aromatic rings. The van der Waals surface area contributed by atoms with Crippen molar-refractivity contribution >= 4 is 50.8 Å². The van der Waals surface area contributed by atoms with Crippen LogP contribution in [-0.2, 0) is 14.8 Å². The average molecular weight is 361 g/mol. The van der Waals surface area contributed by atoms with Crippen LogP contribution in [-0.4, -0.2) is 25.0 Å². The van der Waals surface area contributed by atoms with Gasteiger partial charge < -0.3 is 5.11 Å². The van der Waals surface area contributed by atoms with Crippen LogP contribution >= 0.6 is 34.8 Å². The number of benzene rings is 1. The molecule has 112 valence electrons. The topological polar surface area (TPSA) is 83.5 Å². The van der Waals surface area contributed by atoms with Crippen LogP contribution in [0, 0.1) is 0 Å². The van der Waals surface area contributed by atoms with Crippen LogP contribution in [0.25, 0.3) is 0 Å². The summed E-state index contributed by atoms with van der Waals surface area (Å²) in [6.07, 6.45) is -0.394. The molecule has 0 heterocycles. The molecule has 1 aromatic carbocycles. The summed E-state index contributed by atoms with van der Waals surface area (Å²) in [5.74, 6) is -1.13. The fourth-order valence-electron chi connectivity index (χ4n) is 1.61. The Morgan fingerprint density at radius 1 is 1.25 bits per heavy atom. The van der Waals surface area contributed by atoms with Gasteiger partial charge in [-0.15, -0.1) is 0 Å². The van der Waals surface area contributed by atoms with Crippen LogP contribution in [0.4, 0.5) is 0 Å². The summed E-state index contributed by atoms with van der Waals surface area (Å²) in [7, 11) is -4.08. The Kier molecular flexibility index (Phi) is 5.32. The number of halogens is 3. The predicted octanol–water partition coefficient (Wildman–Crippen LogP) is 3.18. The van der Waals surface area contributed by atoms with Gasteiger partial charge in [0.15, 0.2) is 0 Å². The van der Waals surface area contributed by atoms with Gasteiger partial charge in [-0.25, -0.2) is 13.1 Å². The summed E-state index contributed by atoms with van der Waals surface area (Å²) in [6.45, 7) is 2.88. The average Bonchev–Trinajstić information content (AvgIpc) is 2.08. The Morgan fingerprint density at radius 2 is 1.70 bits per heavy atom. The molecule has 0 saturated heterocycles. The number of carboxylic acid groups (broad SMARTS) is 1. The lowest BCUT2D eigenvalue weighted by Gasteiger charge is -2.24. The summed E-state index contributed by atoms with van der Waals surface area (Å²) < 4.78 is 26.8. The molecule has 0 spiro atoms. The minimum Gasteiger partial charge on any atom is -0.481 e. The maximum Gasteiger partial charge on any atom is 0.305 e. The van der Waals surface area contributed by atoms with Crippen LogP contribution < -0.4 is 4.72 Å². The van der Waals surface area contributed by atoms with E-state index in [1.807, 2.05) is 0 Å². The first kappa shape index (κ1) is 17.5. The normalized spacial score (nSPS) is 12.4. The van der Waals surface area contributed by atoms with Crippen LogP contribution in [0.5, 0.6) is 0 Å². The van der Waals surface area contributed by atoms with Crippen molar-refractivity contribution in [1.82, 2.24) is 4.72 Å². The van der Waals surface area contributed by atoms with E-state index in [1.54, 1.807) is 0 Å². The number of nitrogens with one attached hydrogen (secondary N) is 1. The Hall–Kier alpha value is -0.530. The molecule has 0 aliphatic heterocycles. The summed E-state index contributed by atoms with van der Waals surface area (Å²) in [6, 6.07) is 2.49. The molecule has 0 aliphatic rings. The number of aliphatic carboxylic acids is 1.